The Morgan fingerprint density at radius 1 is 1.10 bits per heavy atom. The van der Waals surface area contributed by atoms with Crippen LogP contribution in [0.3, 0.4) is 0 Å². The van der Waals surface area contributed by atoms with Crippen molar-refractivity contribution in [2.45, 2.75) is 32.2 Å². The molecule has 0 radical (unpaired) electrons. The Balaban J connectivity index is 1.30. The van der Waals surface area contributed by atoms with Gasteiger partial charge in [0.15, 0.2) is 11.5 Å². The summed E-state index contributed by atoms with van der Waals surface area (Å²) in [5.74, 6) is 1.84. The van der Waals surface area contributed by atoms with Crippen molar-refractivity contribution in [3.8, 4) is 11.1 Å². The van der Waals surface area contributed by atoms with Crippen molar-refractivity contribution in [3.63, 3.8) is 0 Å². The van der Waals surface area contributed by atoms with Crippen molar-refractivity contribution in [1.29, 1.82) is 0 Å². The van der Waals surface area contributed by atoms with Crippen LogP contribution in [0, 0.1) is 12.7 Å². The van der Waals surface area contributed by atoms with E-state index in [9.17, 15) is 4.39 Å². The molecule has 7 heteroatoms. The van der Waals surface area contributed by atoms with Gasteiger partial charge in [0.1, 0.15) is 11.6 Å². The van der Waals surface area contributed by atoms with Crippen LogP contribution in [0.1, 0.15) is 36.0 Å². The van der Waals surface area contributed by atoms with Gasteiger partial charge in [-0.25, -0.2) is 13.9 Å². The number of pyridine rings is 1. The van der Waals surface area contributed by atoms with Crippen molar-refractivity contribution in [1.82, 2.24) is 24.7 Å². The van der Waals surface area contributed by atoms with E-state index in [1.165, 1.54) is 12.1 Å². The van der Waals surface area contributed by atoms with Gasteiger partial charge in [-0.1, -0.05) is 17.3 Å². The SMILES string of the molecule is Cc1cc(CN2CCC(c3nc4ccc(-c5cccc(F)c5)cn4n3)CC2)no1. The number of nitrogens with zero attached hydrogens (tertiary/aromatic N) is 5. The van der Waals surface area contributed by atoms with Crippen LogP contribution in [-0.2, 0) is 6.54 Å². The molecular weight excluding hydrogens is 369 g/mol. The second kappa shape index (κ2) is 7.40. The summed E-state index contributed by atoms with van der Waals surface area (Å²) in [4.78, 5) is 7.13. The molecule has 0 saturated carbocycles. The van der Waals surface area contributed by atoms with Crippen molar-refractivity contribution in [3.05, 3.63) is 71.8 Å². The quantitative estimate of drug-likeness (QED) is 0.522. The summed E-state index contributed by atoms with van der Waals surface area (Å²) in [7, 11) is 0. The fourth-order valence-corrected chi connectivity index (χ4v) is 3.98. The molecule has 0 aliphatic carbocycles. The van der Waals surface area contributed by atoms with Crippen LogP contribution in [0.15, 0.2) is 53.2 Å². The molecule has 1 saturated heterocycles. The number of aryl methyl sites for hydroxylation is 1. The number of fused-ring (bicyclic) bond motifs is 1. The number of rotatable bonds is 4. The van der Waals surface area contributed by atoms with Gasteiger partial charge >= 0.3 is 0 Å². The van der Waals surface area contributed by atoms with E-state index in [0.29, 0.717) is 5.92 Å². The monoisotopic (exact) mass is 391 g/mol. The zero-order valence-electron chi connectivity index (χ0n) is 16.3. The molecule has 6 nitrogen and oxygen atoms in total. The van der Waals surface area contributed by atoms with E-state index in [4.69, 9.17) is 14.6 Å². The van der Waals surface area contributed by atoms with Crippen LogP contribution in [0.5, 0.6) is 0 Å². The maximum absolute atomic E-state index is 13.5. The molecular formula is C22H22FN5O. The molecule has 0 atom stereocenters. The molecule has 4 aromatic rings. The van der Waals surface area contributed by atoms with Gasteiger partial charge in [0, 0.05) is 30.3 Å². The number of hydrogen-bond donors (Lipinski definition) is 0. The third-order valence-electron chi connectivity index (χ3n) is 5.52. The van der Waals surface area contributed by atoms with Gasteiger partial charge in [-0.15, -0.1) is 0 Å². The van der Waals surface area contributed by atoms with Gasteiger partial charge in [0.2, 0.25) is 0 Å². The molecule has 0 spiro atoms. The first-order valence-corrected chi connectivity index (χ1v) is 9.91. The van der Waals surface area contributed by atoms with E-state index in [1.807, 2.05) is 37.4 Å². The summed E-state index contributed by atoms with van der Waals surface area (Å²) >= 11 is 0. The lowest BCUT2D eigenvalue weighted by Gasteiger charge is -2.29. The van der Waals surface area contributed by atoms with Gasteiger partial charge < -0.3 is 4.52 Å². The minimum absolute atomic E-state index is 0.241. The van der Waals surface area contributed by atoms with Gasteiger partial charge in [-0.2, -0.15) is 5.10 Å². The molecule has 1 aliphatic heterocycles. The Kier molecular flexibility index (Phi) is 4.60. The van der Waals surface area contributed by atoms with Crippen LogP contribution in [0.2, 0.25) is 0 Å². The highest BCUT2D eigenvalue weighted by Crippen LogP contribution is 2.28. The van der Waals surface area contributed by atoms with Crippen LogP contribution in [-0.4, -0.2) is 37.7 Å². The molecule has 0 amide bonds. The standard InChI is InChI=1S/C22H22FN5O/c1-15-11-20(26-29-15)14-27-9-7-16(8-10-27)22-24-21-6-5-18(13-28(21)25-22)17-3-2-4-19(23)12-17/h2-6,11-13,16H,7-10,14H2,1H3. The molecule has 0 unspecified atom stereocenters. The van der Waals surface area contributed by atoms with Crippen molar-refractivity contribution < 1.29 is 8.91 Å². The maximum atomic E-state index is 13.5. The van der Waals surface area contributed by atoms with Gasteiger partial charge in [0.25, 0.3) is 0 Å². The van der Waals surface area contributed by atoms with Gasteiger partial charge in [0.05, 0.1) is 5.69 Å². The largest absolute Gasteiger partial charge is 0.361 e. The predicted octanol–water partition coefficient (Wildman–Crippen LogP) is 4.21. The number of benzene rings is 1. The molecule has 29 heavy (non-hydrogen) atoms. The summed E-state index contributed by atoms with van der Waals surface area (Å²) in [5.41, 5.74) is 3.56. The summed E-state index contributed by atoms with van der Waals surface area (Å²) in [5, 5.41) is 8.81. The lowest BCUT2D eigenvalue weighted by molar-refractivity contribution is 0.196. The fourth-order valence-electron chi connectivity index (χ4n) is 3.98. The van der Waals surface area contributed by atoms with E-state index in [1.54, 1.807) is 10.6 Å². The second-order valence-electron chi connectivity index (χ2n) is 7.68. The summed E-state index contributed by atoms with van der Waals surface area (Å²) < 4.78 is 20.5. The number of likely N-dealkylation sites (tertiary alicyclic amines) is 1. The molecule has 5 rings (SSSR count). The van der Waals surface area contributed by atoms with Crippen LogP contribution < -0.4 is 0 Å². The number of halogens is 1. The van der Waals surface area contributed by atoms with E-state index in [2.05, 4.69) is 10.1 Å². The maximum Gasteiger partial charge on any atom is 0.155 e. The molecule has 1 aliphatic rings. The minimum Gasteiger partial charge on any atom is -0.361 e. The lowest BCUT2D eigenvalue weighted by Crippen LogP contribution is -2.32. The number of piperidine rings is 1. The topological polar surface area (TPSA) is 59.5 Å². The highest BCUT2D eigenvalue weighted by Gasteiger charge is 2.24. The average molecular weight is 391 g/mol. The fraction of sp³-hybridized carbons (Fsp3) is 0.318. The highest BCUT2D eigenvalue weighted by atomic mass is 19.1. The minimum atomic E-state index is -0.241. The number of hydrogen-bond acceptors (Lipinski definition) is 5. The zero-order chi connectivity index (χ0) is 19.8. The first kappa shape index (κ1) is 18.0. The van der Waals surface area contributed by atoms with E-state index in [-0.39, 0.29) is 5.82 Å². The molecule has 4 heterocycles. The molecule has 1 aromatic carbocycles. The Morgan fingerprint density at radius 2 is 1.97 bits per heavy atom. The normalized spacial score (nSPS) is 15.9. The lowest BCUT2D eigenvalue weighted by atomic mass is 9.96. The van der Waals surface area contributed by atoms with Gasteiger partial charge in [-0.3, -0.25) is 4.90 Å². The highest BCUT2D eigenvalue weighted by molar-refractivity contribution is 5.64. The van der Waals surface area contributed by atoms with Crippen LogP contribution >= 0.6 is 0 Å². The van der Waals surface area contributed by atoms with Crippen LogP contribution in [0.25, 0.3) is 16.8 Å². The Bertz CT molecular complexity index is 1140. The smallest absolute Gasteiger partial charge is 0.155 e. The van der Waals surface area contributed by atoms with E-state index in [0.717, 1.165) is 66.5 Å². The Morgan fingerprint density at radius 3 is 2.72 bits per heavy atom. The third kappa shape index (κ3) is 3.78. The molecule has 1 fully saturated rings. The Labute approximate surface area is 168 Å². The first-order chi connectivity index (χ1) is 14.1. The molecule has 3 aromatic heterocycles. The van der Waals surface area contributed by atoms with Crippen molar-refractivity contribution >= 4 is 5.65 Å². The summed E-state index contributed by atoms with van der Waals surface area (Å²) in [6.45, 7) is 4.71. The average Bonchev–Trinajstić information content (AvgIpc) is 3.34. The first-order valence-electron chi connectivity index (χ1n) is 9.91. The van der Waals surface area contributed by atoms with Crippen molar-refractivity contribution in [2.24, 2.45) is 0 Å². The predicted molar refractivity (Wildman–Crippen MR) is 107 cm³/mol. The van der Waals surface area contributed by atoms with E-state index < -0.39 is 0 Å². The molecule has 148 valence electrons. The number of aromatic nitrogens is 4. The summed E-state index contributed by atoms with van der Waals surface area (Å²) in [6, 6.07) is 12.5. The Hall–Kier alpha value is -3.06. The zero-order valence-corrected chi connectivity index (χ0v) is 16.3. The molecule has 0 N–H and O–H groups in total. The van der Waals surface area contributed by atoms with Gasteiger partial charge in [-0.05, 0) is 62.7 Å². The second-order valence-corrected chi connectivity index (χ2v) is 7.68. The third-order valence-corrected chi connectivity index (χ3v) is 5.52. The summed E-state index contributed by atoms with van der Waals surface area (Å²) in [6.07, 6.45) is 3.96. The van der Waals surface area contributed by atoms with Crippen LogP contribution in [0.4, 0.5) is 4.39 Å². The van der Waals surface area contributed by atoms with Crippen molar-refractivity contribution in [2.75, 3.05) is 13.1 Å². The molecule has 0 bridgehead atoms. The van der Waals surface area contributed by atoms with E-state index >= 15 is 0 Å².